The monoisotopic (exact) mass is 547 g/mol. The van der Waals surface area contributed by atoms with Crippen LogP contribution in [0.4, 0.5) is 4.79 Å². The zero-order valence-corrected chi connectivity index (χ0v) is 25.1. The summed E-state index contributed by atoms with van der Waals surface area (Å²) in [6.45, 7) is 16.7. The maximum absolute atomic E-state index is 12.6. The molecule has 0 aliphatic carbocycles. The molecular weight excluding hydrogens is 506 g/mol. The van der Waals surface area contributed by atoms with Crippen LogP contribution in [0.3, 0.4) is 0 Å². The molecule has 1 aliphatic heterocycles. The minimum absolute atomic E-state index is 0.109. The van der Waals surface area contributed by atoms with Crippen LogP contribution >= 0.6 is 23.4 Å². The van der Waals surface area contributed by atoms with E-state index >= 15 is 0 Å². The van der Waals surface area contributed by atoms with Gasteiger partial charge in [-0.05, 0) is 94.7 Å². The molecule has 3 rings (SSSR count). The minimum Gasteiger partial charge on any atom is -0.444 e. The average molecular weight is 548 g/mol. The van der Waals surface area contributed by atoms with Crippen LogP contribution in [-0.2, 0) is 26.0 Å². The minimum atomic E-state index is -0.678. The van der Waals surface area contributed by atoms with Crippen molar-refractivity contribution in [3.63, 3.8) is 0 Å². The van der Waals surface area contributed by atoms with Crippen molar-refractivity contribution in [2.24, 2.45) is 0 Å². The highest BCUT2D eigenvalue weighted by atomic mass is 35.5. The highest BCUT2D eigenvalue weighted by Gasteiger charge is 2.41. The molecule has 0 radical (unpaired) electrons. The third-order valence-electron chi connectivity index (χ3n) is 6.22. The lowest BCUT2D eigenvalue weighted by Crippen LogP contribution is -2.61. The fourth-order valence-corrected chi connectivity index (χ4v) is 5.34. The Bertz CT molecular complexity index is 1080. The standard InChI is InChI=1S/C30H42ClNO4S/c1-27(2,3)22-12-9-13-23(17-22)37-24-15-14-21(25(31)18-24)11-10-16-30(19-34-29(7,8)35-20-30)32-26(33)36-28(4,5)6/h9,12-15,17-18H,10-11,16,19-20H2,1-8H3,(H,32,33). The van der Waals surface area contributed by atoms with Crippen LogP contribution in [0.25, 0.3) is 0 Å². The number of nitrogens with one attached hydrogen (secondary N) is 1. The van der Waals surface area contributed by atoms with Crippen molar-refractivity contribution >= 4 is 29.5 Å². The van der Waals surface area contributed by atoms with E-state index in [1.807, 2.05) is 40.7 Å². The van der Waals surface area contributed by atoms with Gasteiger partial charge in [0.05, 0.1) is 18.8 Å². The molecule has 0 bridgehead atoms. The van der Waals surface area contributed by atoms with Gasteiger partial charge in [-0.3, -0.25) is 0 Å². The van der Waals surface area contributed by atoms with E-state index in [-0.39, 0.29) is 5.41 Å². The first-order chi connectivity index (χ1) is 17.1. The van der Waals surface area contributed by atoms with Gasteiger partial charge in [-0.25, -0.2) is 4.79 Å². The van der Waals surface area contributed by atoms with E-state index in [0.717, 1.165) is 28.3 Å². The molecule has 0 saturated carbocycles. The van der Waals surface area contributed by atoms with Gasteiger partial charge in [0, 0.05) is 14.8 Å². The van der Waals surface area contributed by atoms with Gasteiger partial charge in [0.25, 0.3) is 0 Å². The molecule has 1 N–H and O–H groups in total. The molecule has 1 aliphatic rings. The molecule has 1 amide bonds. The summed E-state index contributed by atoms with van der Waals surface area (Å²) in [5.74, 6) is -0.678. The highest BCUT2D eigenvalue weighted by Crippen LogP contribution is 2.34. The van der Waals surface area contributed by atoms with Crippen LogP contribution in [0.1, 0.15) is 79.4 Å². The van der Waals surface area contributed by atoms with Crippen molar-refractivity contribution < 1.29 is 19.0 Å². The number of carbonyl (C=O) groups excluding carboxylic acids is 1. The normalized spacial score (nSPS) is 17.3. The van der Waals surface area contributed by atoms with E-state index < -0.39 is 23.0 Å². The number of halogens is 1. The van der Waals surface area contributed by atoms with E-state index in [9.17, 15) is 4.79 Å². The third-order valence-corrected chi connectivity index (χ3v) is 7.55. The molecule has 5 nitrogen and oxygen atoms in total. The van der Waals surface area contributed by atoms with E-state index in [0.29, 0.717) is 19.6 Å². The number of rotatable bonds is 7. The summed E-state index contributed by atoms with van der Waals surface area (Å²) in [5.41, 5.74) is 1.27. The Morgan fingerprint density at radius 1 is 1.03 bits per heavy atom. The summed E-state index contributed by atoms with van der Waals surface area (Å²) in [6, 6.07) is 14.9. The first-order valence-electron chi connectivity index (χ1n) is 12.9. The summed E-state index contributed by atoms with van der Waals surface area (Å²) < 4.78 is 17.3. The largest absolute Gasteiger partial charge is 0.444 e. The lowest BCUT2D eigenvalue weighted by atomic mass is 9.87. The van der Waals surface area contributed by atoms with Crippen molar-refractivity contribution in [3.05, 3.63) is 58.6 Å². The van der Waals surface area contributed by atoms with Gasteiger partial charge in [0.2, 0.25) is 0 Å². The van der Waals surface area contributed by atoms with Gasteiger partial charge in [-0.15, -0.1) is 0 Å². The predicted octanol–water partition coefficient (Wildman–Crippen LogP) is 8.16. The van der Waals surface area contributed by atoms with E-state index in [4.69, 9.17) is 25.8 Å². The SMILES string of the molecule is CC(C)(C)OC(=O)NC1(CCCc2ccc(Sc3cccc(C(C)(C)C)c3)cc2Cl)COC(C)(C)OC1. The van der Waals surface area contributed by atoms with E-state index in [2.05, 4.69) is 62.5 Å². The van der Waals surface area contributed by atoms with Crippen LogP contribution in [-0.4, -0.2) is 36.2 Å². The first kappa shape index (κ1) is 29.8. The number of ether oxygens (including phenoxy) is 3. The summed E-state index contributed by atoms with van der Waals surface area (Å²) >= 11 is 8.42. The smallest absolute Gasteiger partial charge is 0.408 e. The lowest BCUT2D eigenvalue weighted by molar-refractivity contribution is -0.271. The Morgan fingerprint density at radius 2 is 1.68 bits per heavy atom. The molecule has 1 heterocycles. The Balaban J connectivity index is 1.64. The maximum Gasteiger partial charge on any atom is 0.408 e. The molecule has 1 saturated heterocycles. The number of hydrogen-bond donors (Lipinski definition) is 1. The van der Waals surface area contributed by atoms with Crippen molar-refractivity contribution in [3.8, 4) is 0 Å². The Labute approximate surface area is 232 Å². The number of aryl methyl sites for hydroxylation is 1. The Morgan fingerprint density at radius 3 is 2.27 bits per heavy atom. The van der Waals surface area contributed by atoms with E-state index in [1.165, 1.54) is 10.5 Å². The summed E-state index contributed by atoms with van der Waals surface area (Å²) in [6.07, 6.45) is 1.80. The van der Waals surface area contributed by atoms with Crippen molar-refractivity contribution in [1.82, 2.24) is 5.32 Å². The van der Waals surface area contributed by atoms with Crippen molar-refractivity contribution in [1.29, 1.82) is 0 Å². The second-order valence-electron chi connectivity index (χ2n) is 12.4. The highest BCUT2D eigenvalue weighted by molar-refractivity contribution is 7.99. The second-order valence-corrected chi connectivity index (χ2v) is 13.9. The molecule has 37 heavy (non-hydrogen) atoms. The zero-order valence-electron chi connectivity index (χ0n) is 23.5. The van der Waals surface area contributed by atoms with Crippen LogP contribution in [0.15, 0.2) is 52.3 Å². The molecule has 0 atom stereocenters. The molecule has 7 heteroatoms. The van der Waals surface area contributed by atoms with Crippen LogP contribution in [0, 0.1) is 0 Å². The topological polar surface area (TPSA) is 56.8 Å². The maximum atomic E-state index is 12.6. The lowest BCUT2D eigenvalue weighted by Gasteiger charge is -2.44. The van der Waals surface area contributed by atoms with Crippen molar-refractivity contribution in [2.45, 2.75) is 107 Å². The number of carbonyl (C=O) groups is 1. The number of hydrogen-bond acceptors (Lipinski definition) is 5. The predicted molar refractivity (Wildman–Crippen MR) is 152 cm³/mol. The van der Waals surface area contributed by atoms with Gasteiger partial charge in [-0.2, -0.15) is 0 Å². The number of alkyl carbamates (subject to hydrolysis) is 1. The summed E-state index contributed by atoms with van der Waals surface area (Å²) in [7, 11) is 0. The molecule has 0 aromatic heterocycles. The van der Waals surface area contributed by atoms with Gasteiger partial charge >= 0.3 is 6.09 Å². The van der Waals surface area contributed by atoms with Crippen LogP contribution in [0.5, 0.6) is 0 Å². The summed E-state index contributed by atoms with van der Waals surface area (Å²) in [5, 5.41) is 3.78. The molecule has 0 spiro atoms. The van der Waals surface area contributed by atoms with Crippen molar-refractivity contribution in [2.75, 3.05) is 13.2 Å². The quantitative estimate of drug-likeness (QED) is 0.379. The molecule has 2 aromatic rings. The van der Waals surface area contributed by atoms with Crippen LogP contribution < -0.4 is 5.32 Å². The fraction of sp³-hybridized carbons (Fsp3) is 0.567. The van der Waals surface area contributed by atoms with Crippen LogP contribution in [0.2, 0.25) is 5.02 Å². The summed E-state index contributed by atoms with van der Waals surface area (Å²) in [4.78, 5) is 14.9. The number of benzene rings is 2. The van der Waals surface area contributed by atoms with Gasteiger partial charge in [0.15, 0.2) is 5.79 Å². The van der Waals surface area contributed by atoms with Gasteiger partial charge < -0.3 is 19.5 Å². The fourth-order valence-electron chi connectivity index (χ4n) is 4.08. The second kappa shape index (κ2) is 11.6. The molecule has 204 valence electrons. The molecule has 0 unspecified atom stereocenters. The number of amides is 1. The van der Waals surface area contributed by atoms with E-state index in [1.54, 1.807) is 11.8 Å². The first-order valence-corrected chi connectivity index (χ1v) is 14.1. The average Bonchev–Trinajstić information content (AvgIpc) is 2.76. The third kappa shape index (κ3) is 9.20. The molecule has 1 fully saturated rings. The Kier molecular flexibility index (Phi) is 9.32. The zero-order chi connectivity index (χ0) is 27.5. The Hall–Kier alpha value is -1.73. The van der Waals surface area contributed by atoms with Gasteiger partial charge in [0.1, 0.15) is 5.60 Å². The molecular formula is C30H42ClNO4S. The molecule has 2 aromatic carbocycles. The van der Waals surface area contributed by atoms with Gasteiger partial charge in [-0.1, -0.05) is 62.3 Å².